The minimum absolute atomic E-state index is 0.0326. The van der Waals surface area contributed by atoms with Crippen LogP contribution in [0.1, 0.15) is 33.6 Å². The lowest BCUT2D eigenvalue weighted by Gasteiger charge is -2.39. The van der Waals surface area contributed by atoms with Crippen LogP contribution in [0.25, 0.3) is 0 Å². The Morgan fingerprint density at radius 3 is 2.65 bits per heavy atom. The number of urea groups is 1. The maximum atomic E-state index is 12.1. The van der Waals surface area contributed by atoms with Crippen molar-refractivity contribution in [3.63, 3.8) is 0 Å². The van der Waals surface area contributed by atoms with Crippen LogP contribution >= 0.6 is 0 Å². The summed E-state index contributed by atoms with van der Waals surface area (Å²) in [5, 5.41) is 11.5. The second-order valence-electron chi connectivity index (χ2n) is 5.65. The Bertz CT molecular complexity index is 336. The van der Waals surface area contributed by atoms with E-state index in [1.165, 1.54) is 0 Å². The molecule has 0 saturated carbocycles. The molecule has 1 aliphatic rings. The lowest BCUT2D eigenvalue weighted by atomic mass is 10.1. The van der Waals surface area contributed by atoms with Gasteiger partial charge in [0, 0.05) is 38.6 Å². The van der Waals surface area contributed by atoms with Gasteiger partial charge in [0.05, 0.1) is 0 Å². The fourth-order valence-electron chi connectivity index (χ4n) is 2.49. The molecule has 1 aliphatic heterocycles. The van der Waals surface area contributed by atoms with Crippen molar-refractivity contribution in [1.29, 1.82) is 0 Å². The van der Waals surface area contributed by atoms with Gasteiger partial charge in [-0.2, -0.15) is 0 Å². The molecule has 0 aromatic carbocycles. The zero-order valence-electron chi connectivity index (χ0n) is 12.8. The van der Waals surface area contributed by atoms with E-state index in [2.05, 4.69) is 24.1 Å². The summed E-state index contributed by atoms with van der Waals surface area (Å²) in [4.78, 5) is 26.8. The maximum Gasteiger partial charge on any atom is 0.317 e. The average Bonchev–Trinajstić information content (AvgIpc) is 2.42. The third-order valence-electron chi connectivity index (χ3n) is 3.91. The van der Waals surface area contributed by atoms with E-state index in [-0.39, 0.29) is 18.4 Å². The highest BCUT2D eigenvalue weighted by atomic mass is 16.4. The molecule has 0 bridgehead atoms. The van der Waals surface area contributed by atoms with E-state index in [0.29, 0.717) is 19.0 Å². The number of carbonyl (C=O) groups excluding carboxylic acids is 1. The van der Waals surface area contributed by atoms with E-state index in [4.69, 9.17) is 5.11 Å². The van der Waals surface area contributed by atoms with Crippen molar-refractivity contribution in [3.05, 3.63) is 0 Å². The third-order valence-corrected chi connectivity index (χ3v) is 3.91. The van der Waals surface area contributed by atoms with Crippen molar-refractivity contribution in [2.24, 2.45) is 5.92 Å². The zero-order chi connectivity index (χ0) is 15.1. The highest BCUT2D eigenvalue weighted by Crippen LogP contribution is 2.09. The van der Waals surface area contributed by atoms with Gasteiger partial charge in [-0.05, 0) is 25.8 Å². The van der Waals surface area contributed by atoms with Crippen molar-refractivity contribution < 1.29 is 14.7 Å². The van der Waals surface area contributed by atoms with Gasteiger partial charge in [-0.15, -0.1) is 0 Å². The molecule has 0 radical (unpaired) electrons. The number of nitrogens with one attached hydrogen (secondary N) is 1. The van der Waals surface area contributed by atoms with Gasteiger partial charge in [0.25, 0.3) is 0 Å². The van der Waals surface area contributed by atoms with Crippen LogP contribution in [0.15, 0.2) is 0 Å². The molecular weight excluding hydrogens is 258 g/mol. The van der Waals surface area contributed by atoms with Crippen molar-refractivity contribution in [2.45, 2.75) is 39.7 Å². The van der Waals surface area contributed by atoms with Crippen LogP contribution in [0.3, 0.4) is 0 Å². The molecule has 0 spiro atoms. The van der Waals surface area contributed by atoms with Crippen LogP contribution in [0, 0.1) is 5.92 Å². The van der Waals surface area contributed by atoms with Crippen LogP contribution in [0.2, 0.25) is 0 Å². The smallest absolute Gasteiger partial charge is 0.317 e. The van der Waals surface area contributed by atoms with Gasteiger partial charge in [-0.1, -0.05) is 13.8 Å². The molecule has 116 valence electrons. The molecule has 1 heterocycles. The standard InChI is InChI=1S/C14H27N3O3/c1-4-16-7-8-17(10-12(16)3)14(20)15-9-11(2)5-6-13(18)19/h11-12H,4-10H2,1-3H3,(H,15,20)(H,18,19). The Hall–Kier alpha value is -1.30. The molecule has 2 unspecified atom stereocenters. The second kappa shape index (κ2) is 8.09. The minimum Gasteiger partial charge on any atom is -0.481 e. The predicted molar refractivity (Wildman–Crippen MR) is 77.7 cm³/mol. The molecule has 0 aromatic heterocycles. The molecule has 0 aliphatic carbocycles. The molecule has 6 nitrogen and oxygen atoms in total. The minimum atomic E-state index is -0.785. The molecule has 2 amide bonds. The summed E-state index contributed by atoms with van der Waals surface area (Å²) in [6.45, 7) is 10.2. The first-order valence-electron chi connectivity index (χ1n) is 7.42. The first kappa shape index (κ1) is 16.8. The first-order chi connectivity index (χ1) is 9.43. The SMILES string of the molecule is CCN1CCN(C(=O)NCC(C)CCC(=O)O)CC1C. The summed E-state index contributed by atoms with van der Waals surface area (Å²) in [7, 11) is 0. The van der Waals surface area contributed by atoms with Crippen LogP contribution in [0.5, 0.6) is 0 Å². The molecule has 0 aromatic rings. The summed E-state index contributed by atoms with van der Waals surface area (Å²) in [5.74, 6) is -0.600. The summed E-state index contributed by atoms with van der Waals surface area (Å²) in [6.07, 6.45) is 0.749. The fourth-order valence-corrected chi connectivity index (χ4v) is 2.49. The largest absolute Gasteiger partial charge is 0.481 e. The van der Waals surface area contributed by atoms with Crippen LogP contribution in [-0.2, 0) is 4.79 Å². The topological polar surface area (TPSA) is 72.9 Å². The van der Waals surface area contributed by atoms with E-state index in [0.717, 1.165) is 26.2 Å². The first-order valence-corrected chi connectivity index (χ1v) is 7.42. The number of carbonyl (C=O) groups is 2. The second-order valence-corrected chi connectivity index (χ2v) is 5.65. The van der Waals surface area contributed by atoms with E-state index >= 15 is 0 Å². The summed E-state index contributed by atoms with van der Waals surface area (Å²) in [5.41, 5.74) is 0. The Morgan fingerprint density at radius 2 is 2.10 bits per heavy atom. The number of hydrogen-bond acceptors (Lipinski definition) is 3. The maximum absolute atomic E-state index is 12.1. The predicted octanol–water partition coefficient (Wildman–Crippen LogP) is 1.22. The number of carboxylic acids is 1. The number of piperazine rings is 1. The number of amides is 2. The summed E-state index contributed by atoms with van der Waals surface area (Å²) >= 11 is 0. The molecular formula is C14H27N3O3. The lowest BCUT2D eigenvalue weighted by Crippen LogP contribution is -2.55. The lowest BCUT2D eigenvalue weighted by molar-refractivity contribution is -0.137. The molecule has 2 atom stereocenters. The van der Waals surface area contributed by atoms with Crippen LogP contribution in [0.4, 0.5) is 4.79 Å². The quantitative estimate of drug-likeness (QED) is 0.769. The highest BCUT2D eigenvalue weighted by molar-refractivity contribution is 5.74. The van der Waals surface area contributed by atoms with Crippen molar-refractivity contribution in [3.8, 4) is 0 Å². The molecule has 1 saturated heterocycles. The van der Waals surface area contributed by atoms with E-state index in [1.54, 1.807) is 0 Å². The van der Waals surface area contributed by atoms with Gasteiger partial charge in [0.2, 0.25) is 0 Å². The molecule has 2 N–H and O–H groups in total. The van der Waals surface area contributed by atoms with Gasteiger partial charge in [0.15, 0.2) is 0 Å². The Labute approximate surface area is 121 Å². The number of nitrogens with zero attached hydrogens (tertiary/aromatic N) is 2. The Kier molecular flexibility index (Phi) is 6.78. The normalized spacial score (nSPS) is 21.6. The highest BCUT2D eigenvalue weighted by Gasteiger charge is 2.25. The number of rotatable bonds is 6. The molecule has 6 heteroatoms. The molecule has 1 rings (SSSR count). The molecule has 1 fully saturated rings. The summed E-state index contributed by atoms with van der Waals surface area (Å²) < 4.78 is 0. The number of likely N-dealkylation sites (N-methyl/N-ethyl adjacent to an activating group) is 1. The van der Waals surface area contributed by atoms with E-state index in [1.807, 2.05) is 11.8 Å². The van der Waals surface area contributed by atoms with E-state index in [9.17, 15) is 9.59 Å². The van der Waals surface area contributed by atoms with Crippen molar-refractivity contribution in [1.82, 2.24) is 15.1 Å². The average molecular weight is 285 g/mol. The van der Waals surface area contributed by atoms with Crippen LogP contribution < -0.4 is 5.32 Å². The van der Waals surface area contributed by atoms with E-state index < -0.39 is 5.97 Å². The number of hydrogen-bond donors (Lipinski definition) is 2. The summed E-state index contributed by atoms with van der Waals surface area (Å²) in [6, 6.07) is 0.360. The number of aliphatic carboxylic acids is 1. The zero-order valence-corrected chi connectivity index (χ0v) is 12.8. The Morgan fingerprint density at radius 1 is 1.40 bits per heavy atom. The Balaban J connectivity index is 2.27. The molecule has 20 heavy (non-hydrogen) atoms. The van der Waals surface area contributed by atoms with Crippen molar-refractivity contribution in [2.75, 3.05) is 32.7 Å². The van der Waals surface area contributed by atoms with Gasteiger partial charge >= 0.3 is 12.0 Å². The van der Waals surface area contributed by atoms with Gasteiger partial charge in [-0.25, -0.2) is 4.79 Å². The van der Waals surface area contributed by atoms with Gasteiger partial charge in [-0.3, -0.25) is 9.69 Å². The van der Waals surface area contributed by atoms with Gasteiger partial charge < -0.3 is 15.3 Å². The van der Waals surface area contributed by atoms with Crippen LogP contribution in [-0.4, -0.2) is 65.7 Å². The number of carboxylic acid groups (broad SMARTS) is 1. The monoisotopic (exact) mass is 285 g/mol. The van der Waals surface area contributed by atoms with Gasteiger partial charge in [0.1, 0.15) is 0 Å². The van der Waals surface area contributed by atoms with Crippen molar-refractivity contribution >= 4 is 12.0 Å². The fraction of sp³-hybridized carbons (Fsp3) is 0.857. The third kappa shape index (κ3) is 5.36.